The van der Waals surface area contributed by atoms with Crippen molar-refractivity contribution in [1.29, 1.82) is 0 Å². The predicted molar refractivity (Wildman–Crippen MR) is 79.5 cm³/mol. The van der Waals surface area contributed by atoms with Crippen LogP contribution < -0.4 is 16.4 Å². The third-order valence-corrected chi connectivity index (χ3v) is 3.66. The van der Waals surface area contributed by atoms with E-state index in [2.05, 4.69) is 15.6 Å². The molecule has 3 rings (SSSR count). The first-order valence-corrected chi connectivity index (χ1v) is 6.91. The molecule has 5 heteroatoms. The highest BCUT2D eigenvalue weighted by molar-refractivity contribution is 5.99. The van der Waals surface area contributed by atoms with Crippen LogP contribution in [0.25, 0.3) is 10.9 Å². The maximum atomic E-state index is 12.3. The molecule has 5 nitrogen and oxygen atoms in total. The third kappa shape index (κ3) is 2.58. The van der Waals surface area contributed by atoms with Crippen molar-refractivity contribution in [2.45, 2.75) is 18.9 Å². The molecule has 0 unspecified atom stereocenters. The van der Waals surface area contributed by atoms with Gasteiger partial charge in [0, 0.05) is 17.1 Å². The molecule has 104 valence electrons. The molecule has 1 aromatic carbocycles. The fourth-order valence-corrected chi connectivity index (χ4v) is 2.54. The number of nitrogens with two attached hydrogens (primary N) is 1. The first kappa shape index (κ1) is 12.9. The van der Waals surface area contributed by atoms with Gasteiger partial charge in [-0.25, -0.2) is 4.98 Å². The van der Waals surface area contributed by atoms with Gasteiger partial charge in [0.15, 0.2) is 0 Å². The lowest BCUT2D eigenvalue weighted by Gasteiger charge is -2.23. The number of rotatable bonds is 2. The number of aromatic nitrogens is 1. The average Bonchev–Trinajstić information content (AvgIpc) is 2.48. The SMILES string of the molecule is Nc1cc(C(=O)NC2CCNCC2)nc2ccccc12. The minimum atomic E-state index is -0.144. The second-order valence-electron chi connectivity index (χ2n) is 5.11. The Kier molecular flexibility index (Phi) is 3.52. The molecule has 0 aliphatic carbocycles. The molecular formula is C15H18N4O. The number of para-hydroxylation sites is 1. The molecule has 0 saturated carbocycles. The average molecular weight is 270 g/mol. The minimum absolute atomic E-state index is 0.144. The van der Waals surface area contributed by atoms with Gasteiger partial charge in [0.1, 0.15) is 5.69 Å². The zero-order chi connectivity index (χ0) is 13.9. The third-order valence-electron chi connectivity index (χ3n) is 3.66. The van der Waals surface area contributed by atoms with E-state index in [4.69, 9.17) is 5.73 Å². The van der Waals surface area contributed by atoms with Gasteiger partial charge < -0.3 is 16.4 Å². The number of nitrogens with one attached hydrogen (secondary N) is 2. The van der Waals surface area contributed by atoms with E-state index in [0.29, 0.717) is 11.4 Å². The van der Waals surface area contributed by atoms with E-state index in [-0.39, 0.29) is 11.9 Å². The largest absolute Gasteiger partial charge is 0.398 e. The van der Waals surface area contributed by atoms with Crippen LogP contribution in [0.5, 0.6) is 0 Å². The number of hydrogen-bond donors (Lipinski definition) is 3. The number of anilines is 1. The summed E-state index contributed by atoms with van der Waals surface area (Å²) in [7, 11) is 0. The van der Waals surface area contributed by atoms with Crippen LogP contribution in [0.4, 0.5) is 5.69 Å². The molecule has 1 amide bonds. The van der Waals surface area contributed by atoms with E-state index in [0.717, 1.165) is 36.8 Å². The quantitative estimate of drug-likeness (QED) is 0.768. The van der Waals surface area contributed by atoms with E-state index in [1.807, 2.05) is 24.3 Å². The van der Waals surface area contributed by atoms with Crippen molar-refractivity contribution >= 4 is 22.5 Å². The Bertz CT molecular complexity index is 635. The van der Waals surface area contributed by atoms with Crippen molar-refractivity contribution in [1.82, 2.24) is 15.6 Å². The fourth-order valence-electron chi connectivity index (χ4n) is 2.54. The van der Waals surface area contributed by atoms with E-state index in [1.54, 1.807) is 6.07 Å². The Hall–Kier alpha value is -2.14. The molecule has 1 saturated heterocycles. The topological polar surface area (TPSA) is 80.0 Å². The summed E-state index contributed by atoms with van der Waals surface area (Å²) >= 11 is 0. The molecule has 1 aliphatic rings. The monoisotopic (exact) mass is 270 g/mol. The molecule has 2 heterocycles. The van der Waals surface area contributed by atoms with Gasteiger partial charge in [0.05, 0.1) is 5.52 Å². The van der Waals surface area contributed by atoms with Gasteiger partial charge >= 0.3 is 0 Å². The molecule has 0 atom stereocenters. The van der Waals surface area contributed by atoms with Gasteiger partial charge in [0.2, 0.25) is 0 Å². The van der Waals surface area contributed by atoms with Gasteiger partial charge in [-0.3, -0.25) is 4.79 Å². The summed E-state index contributed by atoms with van der Waals surface area (Å²) in [6, 6.07) is 9.45. The molecule has 1 aromatic heterocycles. The van der Waals surface area contributed by atoms with Crippen LogP contribution in [-0.2, 0) is 0 Å². The van der Waals surface area contributed by atoms with Gasteiger partial charge in [-0.1, -0.05) is 18.2 Å². The summed E-state index contributed by atoms with van der Waals surface area (Å²) in [5.74, 6) is -0.144. The highest BCUT2D eigenvalue weighted by Crippen LogP contribution is 2.20. The zero-order valence-corrected chi connectivity index (χ0v) is 11.2. The molecule has 20 heavy (non-hydrogen) atoms. The summed E-state index contributed by atoms with van der Waals surface area (Å²) in [6.07, 6.45) is 1.91. The lowest BCUT2D eigenvalue weighted by molar-refractivity contribution is 0.0925. The fraction of sp³-hybridized carbons (Fsp3) is 0.333. The highest BCUT2D eigenvalue weighted by atomic mass is 16.1. The summed E-state index contributed by atoms with van der Waals surface area (Å²) in [4.78, 5) is 16.7. The van der Waals surface area contributed by atoms with Crippen LogP contribution in [0.1, 0.15) is 23.3 Å². The summed E-state index contributed by atoms with van der Waals surface area (Å²) in [5.41, 5.74) is 7.73. The van der Waals surface area contributed by atoms with Crippen LogP contribution >= 0.6 is 0 Å². The Balaban J connectivity index is 1.84. The Labute approximate surface area is 117 Å². The lowest BCUT2D eigenvalue weighted by Crippen LogP contribution is -2.42. The molecule has 0 spiro atoms. The normalized spacial score (nSPS) is 16.2. The minimum Gasteiger partial charge on any atom is -0.398 e. The Morgan fingerprint density at radius 3 is 2.85 bits per heavy atom. The van der Waals surface area contributed by atoms with Crippen LogP contribution in [0, 0.1) is 0 Å². The summed E-state index contributed by atoms with van der Waals surface area (Å²) in [6.45, 7) is 1.89. The number of benzene rings is 1. The first-order valence-electron chi connectivity index (χ1n) is 6.91. The number of nitrogens with zero attached hydrogens (tertiary/aromatic N) is 1. The molecule has 0 radical (unpaired) electrons. The highest BCUT2D eigenvalue weighted by Gasteiger charge is 2.17. The number of fused-ring (bicyclic) bond motifs is 1. The van der Waals surface area contributed by atoms with Crippen molar-refractivity contribution in [3.8, 4) is 0 Å². The number of carbonyl (C=O) groups is 1. The Morgan fingerprint density at radius 1 is 1.30 bits per heavy atom. The number of amides is 1. The molecule has 1 fully saturated rings. The van der Waals surface area contributed by atoms with E-state index in [1.165, 1.54) is 0 Å². The van der Waals surface area contributed by atoms with Crippen LogP contribution in [0.2, 0.25) is 0 Å². The van der Waals surface area contributed by atoms with Crippen LogP contribution in [-0.4, -0.2) is 30.0 Å². The van der Waals surface area contributed by atoms with Crippen molar-refractivity contribution in [2.75, 3.05) is 18.8 Å². The maximum absolute atomic E-state index is 12.3. The zero-order valence-electron chi connectivity index (χ0n) is 11.2. The van der Waals surface area contributed by atoms with Crippen LogP contribution in [0.3, 0.4) is 0 Å². The predicted octanol–water partition coefficient (Wildman–Crippen LogP) is 1.30. The molecule has 1 aliphatic heterocycles. The van der Waals surface area contributed by atoms with E-state index >= 15 is 0 Å². The molecular weight excluding hydrogens is 252 g/mol. The summed E-state index contributed by atoms with van der Waals surface area (Å²) in [5, 5.41) is 7.18. The van der Waals surface area contributed by atoms with Gasteiger partial charge in [-0.05, 0) is 38.1 Å². The number of carbonyl (C=O) groups excluding carboxylic acids is 1. The lowest BCUT2D eigenvalue weighted by atomic mass is 10.1. The number of nitrogen functional groups attached to an aromatic ring is 1. The smallest absolute Gasteiger partial charge is 0.270 e. The second-order valence-corrected chi connectivity index (χ2v) is 5.11. The maximum Gasteiger partial charge on any atom is 0.270 e. The van der Waals surface area contributed by atoms with Gasteiger partial charge in [-0.2, -0.15) is 0 Å². The standard InChI is InChI=1S/C15H18N4O/c16-12-9-14(19-13-4-2-1-3-11(12)13)15(20)18-10-5-7-17-8-6-10/h1-4,9-10,17H,5-8H2,(H2,16,19)(H,18,20). The van der Waals surface area contributed by atoms with E-state index in [9.17, 15) is 4.79 Å². The van der Waals surface area contributed by atoms with Gasteiger partial charge in [-0.15, -0.1) is 0 Å². The second kappa shape index (κ2) is 5.46. The molecule has 0 bridgehead atoms. The molecule has 2 aromatic rings. The van der Waals surface area contributed by atoms with E-state index < -0.39 is 0 Å². The van der Waals surface area contributed by atoms with Crippen molar-refractivity contribution in [2.24, 2.45) is 0 Å². The van der Waals surface area contributed by atoms with Crippen molar-refractivity contribution < 1.29 is 4.79 Å². The van der Waals surface area contributed by atoms with Crippen LogP contribution in [0.15, 0.2) is 30.3 Å². The van der Waals surface area contributed by atoms with Crippen molar-refractivity contribution in [3.05, 3.63) is 36.0 Å². The summed E-state index contributed by atoms with van der Waals surface area (Å²) < 4.78 is 0. The first-order chi connectivity index (χ1) is 9.74. The number of piperidine rings is 1. The number of pyridine rings is 1. The van der Waals surface area contributed by atoms with Crippen molar-refractivity contribution in [3.63, 3.8) is 0 Å². The Morgan fingerprint density at radius 2 is 2.05 bits per heavy atom. The number of hydrogen-bond acceptors (Lipinski definition) is 4. The van der Waals surface area contributed by atoms with Gasteiger partial charge in [0.25, 0.3) is 5.91 Å². The molecule has 4 N–H and O–H groups in total.